The minimum absolute atomic E-state index is 0.0701. The number of anilines is 1. The number of sulfonamides is 1. The lowest BCUT2D eigenvalue weighted by Crippen LogP contribution is -2.41. The molecule has 0 bridgehead atoms. The molecule has 0 heterocycles. The van der Waals surface area contributed by atoms with Crippen LogP contribution in [0.1, 0.15) is 25.8 Å². The normalized spacial score (nSPS) is 11.4. The SMILES string of the molecule is COc1ccc(S(=O)(=O)N(CC(=O)NCCC(C)C)c2ccc(C)cc2)cc1Br. The molecule has 2 aromatic rings. The first-order valence-corrected chi connectivity index (χ1v) is 11.6. The van der Waals surface area contributed by atoms with Crippen molar-refractivity contribution in [1.29, 1.82) is 0 Å². The number of benzene rings is 2. The summed E-state index contributed by atoms with van der Waals surface area (Å²) >= 11 is 3.33. The first-order chi connectivity index (χ1) is 13.6. The average Bonchev–Trinajstić information content (AvgIpc) is 2.66. The highest BCUT2D eigenvalue weighted by atomic mass is 79.9. The molecule has 8 heteroatoms. The van der Waals surface area contributed by atoms with Crippen molar-refractivity contribution in [2.24, 2.45) is 5.92 Å². The van der Waals surface area contributed by atoms with Gasteiger partial charge in [0.2, 0.25) is 5.91 Å². The molecule has 0 unspecified atom stereocenters. The second-order valence-corrected chi connectivity index (χ2v) is 9.89. The van der Waals surface area contributed by atoms with E-state index in [4.69, 9.17) is 4.74 Å². The summed E-state index contributed by atoms with van der Waals surface area (Å²) in [6.07, 6.45) is 0.828. The molecule has 0 atom stereocenters. The van der Waals surface area contributed by atoms with E-state index < -0.39 is 10.0 Å². The van der Waals surface area contributed by atoms with E-state index in [1.807, 2.05) is 19.1 Å². The molecular formula is C21H27BrN2O4S. The van der Waals surface area contributed by atoms with Gasteiger partial charge in [-0.1, -0.05) is 31.5 Å². The lowest BCUT2D eigenvalue weighted by Gasteiger charge is -2.24. The highest BCUT2D eigenvalue weighted by molar-refractivity contribution is 9.10. The van der Waals surface area contributed by atoms with Crippen molar-refractivity contribution < 1.29 is 17.9 Å². The quantitative estimate of drug-likeness (QED) is 0.582. The molecule has 1 N–H and O–H groups in total. The van der Waals surface area contributed by atoms with Gasteiger partial charge in [-0.3, -0.25) is 9.10 Å². The van der Waals surface area contributed by atoms with Gasteiger partial charge >= 0.3 is 0 Å². The van der Waals surface area contributed by atoms with E-state index >= 15 is 0 Å². The molecule has 2 rings (SSSR count). The van der Waals surface area contributed by atoms with E-state index in [1.54, 1.807) is 18.2 Å². The summed E-state index contributed by atoms with van der Waals surface area (Å²) in [7, 11) is -2.46. The van der Waals surface area contributed by atoms with Crippen LogP contribution in [0.5, 0.6) is 5.75 Å². The lowest BCUT2D eigenvalue weighted by atomic mass is 10.1. The van der Waals surface area contributed by atoms with Crippen molar-refractivity contribution in [2.75, 3.05) is 24.5 Å². The van der Waals surface area contributed by atoms with E-state index in [1.165, 1.54) is 19.2 Å². The molecule has 0 aliphatic heterocycles. The van der Waals surface area contributed by atoms with E-state index in [0.717, 1.165) is 16.3 Å². The Bertz CT molecular complexity index is 944. The van der Waals surface area contributed by atoms with Crippen molar-refractivity contribution in [3.8, 4) is 5.75 Å². The fourth-order valence-corrected chi connectivity index (χ4v) is 4.79. The van der Waals surface area contributed by atoms with Crippen LogP contribution in [0.25, 0.3) is 0 Å². The Balaban J connectivity index is 2.36. The molecule has 6 nitrogen and oxygen atoms in total. The number of methoxy groups -OCH3 is 1. The van der Waals surface area contributed by atoms with Gasteiger partial charge in [-0.2, -0.15) is 0 Å². The number of aryl methyl sites for hydroxylation is 1. The van der Waals surface area contributed by atoms with Crippen LogP contribution >= 0.6 is 15.9 Å². The first kappa shape index (κ1) is 23.2. The van der Waals surface area contributed by atoms with E-state index in [0.29, 0.717) is 28.4 Å². The third-order valence-corrected chi connectivity index (χ3v) is 6.75. The maximum absolute atomic E-state index is 13.4. The van der Waals surface area contributed by atoms with Crippen molar-refractivity contribution in [3.63, 3.8) is 0 Å². The molecule has 158 valence electrons. The average molecular weight is 483 g/mol. The number of carbonyl (C=O) groups is 1. The second-order valence-electron chi connectivity index (χ2n) is 7.18. The minimum Gasteiger partial charge on any atom is -0.496 e. The Hall–Kier alpha value is -2.06. The van der Waals surface area contributed by atoms with Crippen LogP contribution in [0, 0.1) is 12.8 Å². The predicted molar refractivity (Wildman–Crippen MR) is 119 cm³/mol. The number of hydrogen-bond donors (Lipinski definition) is 1. The molecule has 0 radical (unpaired) electrons. The Morgan fingerprint density at radius 2 is 1.83 bits per heavy atom. The number of halogens is 1. The van der Waals surface area contributed by atoms with Gasteiger partial charge in [0.25, 0.3) is 10.0 Å². The van der Waals surface area contributed by atoms with E-state index in [-0.39, 0.29) is 17.3 Å². The summed E-state index contributed by atoms with van der Waals surface area (Å²) in [5.41, 5.74) is 1.43. The summed E-state index contributed by atoms with van der Waals surface area (Å²) in [6.45, 7) is 6.26. The van der Waals surface area contributed by atoms with Crippen LogP contribution in [0.2, 0.25) is 0 Å². The summed E-state index contributed by atoms with van der Waals surface area (Å²) in [6, 6.07) is 11.6. The highest BCUT2D eigenvalue weighted by Crippen LogP contribution is 2.30. The van der Waals surface area contributed by atoms with Crippen LogP contribution in [-0.4, -0.2) is 34.5 Å². The molecule has 0 fully saturated rings. The Labute approximate surface area is 181 Å². The van der Waals surface area contributed by atoms with Crippen molar-refractivity contribution >= 4 is 37.5 Å². The van der Waals surface area contributed by atoms with E-state index in [9.17, 15) is 13.2 Å². The van der Waals surface area contributed by atoms with Crippen LogP contribution in [0.4, 0.5) is 5.69 Å². The zero-order valence-corrected chi connectivity index (χ0v) is 19.5. The smallest absolute Gasteiger partial charge is 0.264 e. The largest absolute Gasteiger partial charge is 0.496 e. The van der Waals surface area contributed by atoms with Gasteiger partial charge in [-0.25, -0.2) is 8.42 Å². The summed E-state index contributed by atoms with van der Waals surface area (Å²) in [5, 5.41) is 2.80. The summed E-state index contributed by atoms with van der Waals surface area (Å²) in [5.74, 6) is 0.628. The molecule has 29 heavy (non-hydrogen) atoms. The zero-order valence-electron chi connectivity index (χ0n) is 17.1. The van der Waals surface area contributed by atoms with Gasteiger partial charge in [-0.05, 0) is 65.5 Å². The second kappa shape index (κ2) is 10.1. The lowest BCUT2D eigenvalue weighted by molar-refractivity contribution is -0.119. The van der Waals surface area contributed by atoms with Crippen LogP contribution in [0.15, 0.2) is 51.8 Å². The van der Waals surface area contributed by atoms with Gasteiger partial charge < -0.3 is 10.1 Å². The summed E-state index contributed by atoms with van der Waals surface area (Å²) < 4.78 is 33.6. The maximum atomic E-state index is 13.4. The fraction of sp³-hybridized carbons (Fsp3) is 0.381. The summed E-state index contributed by atoms with van der Waals surface area (Å²) in [4.78, 5) is 12.5. The zero-order chi connectivity index (χ0) is 21.6. The van der Waals surface area contributed by atoms with Gasteiger partial charge in [0, 0.05) is 6.54 Å². The highest BCUT2D eigenvalue weighted by Gasteiger charge is 2.28. The van der Waals surface area contributed by atoms with Gasteiger partial charge in [0.1, 0.15) is 12.3 Å². The van der Waals surface area contributed by atoms with Crippen LogP contribution < -0.4 is 14.4 Å². The monoisotopic (exact) mass is 482 g/mol. The van der Waals surface area contributed by atoms with Crippen molar-refractivity contribution in [2.45, 2.75) is 32.1 Å². The molecule has 2 aromatic carbocycles. The third-order valence-electron chi connectivity index (χ3n) is 4.36. The molecule has 0 spiro atoms. The van der Waals surface area contributed by atoms with Crippen LogP contribution in [-0.2, 0) is 14.8 Å². The van der Waals surface area contributed by atoms with Gasteiger partial charge in [-0.15, -0.1) is 0 Å². The van der Waals surface area contributed by atoms with Gasteiger partial charge in [0.05, 0.1) is 22.2 Å². The topological polar surface area (TPSA) is 75.7 Å². The number of rotatable bonds is 9. The number of nitrogens with zero attached hydrogens (tertiary/aromatic N) is 1. The molecule has 0 aliphatic carbocycles. The Morgan fingerprint density at radius 1 is 1.17 bits per heavy atom. The molecular weight excluding hydrogens is 456 g/mol. The Morgan fingerprint density at radius 3 is 2.38 bits per heavy atom. The number of carbonyl (C=O) groups excluding carboxylic acids is 1. The van der Waals surface area contributed by atoms with E-state index in [2.05, 4.69) is 35.1 Å². The predicted octanol–water partition coefficient (Wildman–Crippen LogP) is 4.12. The van der Waals surface area contributed by atoms with Crippen molar-refractivity contribution in [3.05, 3.63) is 52.5 Å². The minimum atomic E-state index is -3.96. The molecule has 0 saturated heterocycles. The number of hydrogen-bond acceptors (Lipinski definition) is 4. The number of ether oxygens (including phenoxy) is 1. The standard InChI is InChI=1S/C21H27BrN2O4S/c1-15(2)11-12-23-21(25)14-24(17-7-5-16(3)6-8-17)29(26,27)18-9-10-20(28-4)19(22)13-18/h5-10,13,15H,11-12,14H2,1-4H3,(H,23,25). The molecule has 0 aromatic heterocycles. The third kappa shape index (κ3) is 6.21. The molecule has 1 amide bonds. The number of amides is 1. The first-order valence-electron chi connectivity index (χ1n) is 9.34. The molecule has 0 aliphatic rings. The van der Waals surface area contributed by atoms with Crippen LogP contribution in [0.3, 0.4) is 0 Å². The Kier molecular flexibility index (Phi) is 8.10. The number of nitrogens with one attached hydrogen (secondary N) is 1. The fourth-order valence-electron chi connectivity index (χ4n) is 2.65. The van der Waals surface area contributed by atoms with Crippen molar-refractivity contribution in [1.82, 2.24) is 5.32 Å². The molecule has 0 saturated carbocycles. The van der Waals surface area contributed by atoms with Gasteiger partial charge in [0.15, 0.2) is 0 Å². The maximum Gasteiger partial charge on any atom is 0.264 e.